The van der Waals surface area contributed by atoms with Gasteiger partial charge >= 0.3 is 5.97 Å². The van der Waals surface area contributed by atoms with Gasteiger partial charge in [0.25, 0.3) is 0 Å². The summed E-state index contributed by atoms with van der Waals surface area (Å²) in [6.45, 7) is 2.07. The Morgan fingerprint density at radius 1 is 1.77 bits per heavy atom. The third kappa shape index (κ3) is 2.67. The first-order valence-corrected chi connectivity index (χ1v) is 4.80. The van der Waals surface area contributed by atoms with Crippen LogP contribution in [0.2, 0.25) is 5.02 Å². The zero-order valence-electron chi connectivity index (χ0n) is 6.88. The number of hydrogen-bond acceptors (Lipinski definition) is 3. The number of carbonyl (C=O) groups excluding carboxylic acids is 1. The van der Waals surface area contributed by atoms with E-state index >= 15 is 0 Å². The van der Waals surface area contributed by atoms with Crippen LogP contribution in [0.4, 0.5) is 0 Å². The SMILES string of the molecule is CCOC(=O)c1cc(Br)c(Cl)cn1. The Bertz CT molecular complexity index is 330. The molecular formula is C8H7BrClNO2. The molecule has 1 aromatic heterocycles. The maximum atomic E-state index is 11.2. The van der Waals surface area contributed by atoms with Gasteiger partial charge < -0.3 is 4.74 Å². The fourth-order valence-electron chi connectivity index (χ4n) is 0.731. The number of rotatable bonds is 2. The summed E-state index contributed by atoms with van der Waals surface area (Å²) < 4.78 is 5.39. The van der Waals surface area contributed by atoms with Crippen LogP contribution in [0.3, 0.4) is 0 Å². The van der Waals surface area contributed by atoms with Crippen LogP contribution in [0.25, 0.3) is 0 Å². The van der Waals surface area contributed by atoms with E-state index < -0.39 is 5.97 Å². The molecule has 0 fully saturated rings. The van der Waals surface area contributed by atoms with Gasteiger partial charge in [-0.2, -0.15) is 0 Å². The highest BCUT2D eigenvalue weighted by molar-refractivity contribution is 9.10. The molecule has 0 saturated heterocycles. The number of pyridine rings is 1. The number of nitrogens with zero attached hydrogens (tertiary/aromatic N) is 1. The number of esters is 1. The number of aromatic nitrogens is 1. The largest absolute Gasteiger partial charge is 0.461 e. The lowest BCUT2D eigenvalue weighted by Crippen LogP contribution is -2.06. The van der Waals surface area contributed by atoms with Crippen LogP contribution in [0.5, 0.6) is 0 Å². The predicted octanol–water partition coefficient (Wildman–Crippen LogP) is 2.67. The van der Waals surface area contributed by atoms with Gasteiger partial charge in [0.2, 0.25) is 0 Å². The topological polar surface area (TPSA) is 39.2 Å². The van der Waals surface area contributed by atoms with E-state index in [-0.39, 0.29) is 5.69 Å². The molecule has 0 aliphatic heterocycles. The molecule has 0 spiro atoms. The summed E-state index contributed by atoms with van der Waals surface area (Å²) in [7, 11) is 0. The van der Waals surface area contributed by atoms with Crippen molar-refractivity contribution in [1.82, 2.24) is 4.98 Å². The van der Waals surface area contributed by atoms with Crippen molar-refractivity contribution in [2.45, 2.75) is 6.92 Å². The molecule has 1 rings (SSSR count). The second-order valence-electron chi connectivity index (χ2n) is 2.20. The summed E-state index contributed by atoms with van der Waals surface area (Å²) in [6.07, 6.45) is 1.40. The van der Waals surface area contributed by atoms with E-state index in [2.05, 4.69) is 20.9 Å². The molecule has 0 N–H and O–H groups in total. The van der Waals surface area contributed by atoms with E-state index in [1.165, 1.54) is 12.3 Å². The van der Waals surface area contributed by atoms with Gasteiger partial charge in [0.1, 0.15) is 5.69 Å². The lowest BCUT2D eigenvalue weighted by molar-refractivity contribution is 0.0519. The molecule has 0 atom stereocenters. The third-order valence-corrected chi connectivity index (χ3v) is 2.48. The normalized spacial score (nSPS) is 9.77. The number of ether oxygens (including phenoxy) is 1. The maximum Gasteiger partial charge on any atom is 0.356 e. The molecule has 1 aromatic rings. The van der Waals surface area contributed by atoms with Gasteiger partial charge in [-0.05, 0) is 28.9 Å². The van der Waals surface area contributed by atoms with Crippen LogP contribution in [0.1, 0.15) is 17.4 Å². The molecule has 0 saturated carbocycles. The van der Waals surface area contributed by atoms with E-state index in [0.717, 1.165) is 0 Å². The van der Waals surface area contributed by atoms with Crippen molar-refractivity contribution in [1.29, 1.82) is 0 Å². The second kappa shape index (κ2) is 4.58. The summed E-state index contributed by atoms with van der Waals surface area (Å²) in [4.78, 5) is 15.0. The van der Waals surface area contributed by atoms with Crippen molar-refractivity contribution in [2.24, 2.45) is 0 Å². The summed E-state index contributed by atoms with van der Waals surface area (Å²) >= 11 is 8.89. The van der Waals surface area contributed by atoms with Crippen molar-refractivity contribution in [3.05, 3.63) is 27.5 Å². The van der Waals surface area contributed by atoms with Gasteiger partial charge in [-0.25, -0.2) is 9.78 Å². The van der Waals surface area contributed by atoms with Gasteiger partial charge in [-0.15, -0.1) is 0 Å². The molecule has 0 unspecified atom stereocenters. The molecule has 0 radical (unpaired) electrons. The van der Waals surface area contributed by atoms with Crippen LogP contribution in [-0.2, 0) is 4.74 Å². The van der Waals surface area contributed by atoms with Gasteiger partial charge in [-0.1, -0.05) is 11.6 Å². The van der Waals surface area contributed by atoms with Crippen LogP contribution in [0, 0.1) is 0 Å². The Hall–Kier alpha value is -0.610. The highest BCUT2D eigenvalue weighted by Crippen LogP contribution is 2.21. The molecule has 3 nitrogen and oxygen atoms in total. The number of hydrogen-bond donors (Lipinski definition) is 0. The standard InChI is InChI=1S/C8H7BrClNO2/c1-2-13-8(12)7-3-5(9)6(10)4-11-7/h3-4H,2H2,1H3. The zero-order chi connectivity index (χ0) is 9.84. The summed E-state index contributed by atoms with van der Waals surface area (Å²) in [5, 5.41) is 0.466. The molecular weight excluding hydrogens is 257 g/mol. The lowest BCUT2D eigenvalue weighted by atomic mass is 10.3. The summed E-state index contributed by atoms with van der Waals surface area (Å²) in [5.74, 6) is -0.445. The molecule has 13 heavy (non-hydrogen) atoms. The van der Waals surface area contributed by atoms with Crippen LogP contribution in [-0.4, -0.2) is 17.6 Å². The minimum Gasteiger partial charge on any atom is -0.461 e. The van der Waals surface area contributed by atoms with Gasteiger partial charge in [0.15, 0.2) is 0 Å². The quantitative estimate of drug-likeness (QED) is 0.771. The smallest absolute Gasteiger partial charge is 0.356 e. The van der Waals surface area contributed by atoms with Crippen molar-refractivity contribution in [2.75, 3.05) is 6.61 Å². The van der Waals surface area contributed by atoms with Crippen LogP contribution in [0.15, 0.2) is 16.7 Å². The van der Waals surface area contributed by atoms with Crippen molar-refractivity contribution < 1.29 is 9.53 Å². The average molecular weight is 265 g/mol. The monoisotopic (exact) mass is 263 g/mol. The van der Waals surface area contributed by atoms with E-state index in [4.69, 9.17) is 16.3 Å². The first-order chi connectivity index (χ1) is 6.15. The minimum atomic E-state index is -0.445. The Morgan fingerprint density at radius 2 is 2.46 bits per heavy atom. The molecule has 70 valence electrons. The Balaban J connectivity index is 2.90. The summed E-state index contributed by atoms with van der Waals surface area (Å²) in [5.41, 5.74) is 0.248. The van der Waals surface area contributed by atoms with Crippen molar-refractivity contribution in [3.8, 4) is 0 Å². The van der Waals surface area contributed by atoms with Crippen LogP contribution < -0.4 is 0 Å². The maximum absolute atomic E-state index is 11.2. The fraction of sp³-hybridized carbons (Fsp3) is 0.250. The second-order valence-corrected chi connectivity index (χ2v) is 3.47. The molecule has 0 amide bonds. The van der Waals surface area contributed by atoms with E-state index in [0.29, 0.717) is 16.1 Å². The zero-order valence-corrected chi connectivity index (χ0v) is 9.22. The van der Waals surface area contributed by atoms with Crippen LogP contribution >= 0.6 is 27.5 Å². The number of halogens is 2. The first-order valence-electron chi connectivity index (χ1n) is 3.63. The third-order valence-electron chi connectivity index (χ3n) is 1.29. The highest BCUT2D eigenvalue weighted by Gasteiger charge is 2.09. The summed E-state index contributed by atoms with van der Waals surface area (Å²) in [6, 6.07) is 1.53. The minimum absolute atomic E-state index is 0.248. The molecule has 0 aliphatic carbocycles. The Labute approximate surface area is 89.2 Å². The molecule has 1 heterocycles. The highest BCUT2D eigenvalue weighted by atomic mass is 79.9. The number of carbonyl (C=O) groups is 1. The fourth-order valence-corrected chi connectivity index (χ4v) is 1.15. The molecule has 0 aliphatic rings. The first kappa shape index (κ1) is 10.5. The van der Waals surface area contributed by atoms with Crippen molar-refractivity contribution in [3.63, 3.8) is 0 Å². The van der Waals surface area contributed by atoms with Gasteiger partial charge in [0, 0.05) is 10.7 Å². The lowest BCUT2D eigenvalue weighted by Gasteiger charge is -2.01. The molecule has 0 bridgehead atoms. The predicted molar refractivity (Wildman–Crippen MR) is 52.9 cm³/mol. The van der Waals surface area contributed by atoms with E-state index in [9.17, 15) is 4.79 Å². The average Bonchev–Trinajstić information content (AvgIpc) is 2.10. The van der Waals surface area contributed by atoms with E-state index in [1.807, 2.05) is 0 Å². The molecule has 0 aromatic carbocycles. The van der Waals surface area contributed by atoms with Gasteiger partial charge in [-0.3, -0.25) is 0 Å². The van der Waals surface area contributed by atoms with Crippen molar-refractivity contribution >= 4 is 33.5 Å². The Morgan fingerprint density at radius 3 is 3.00 bits per heavy atom. The Kier molecular flexibility index (Phi) is 3.69. The van der Waals surface area contributed by atoms with Gasteiger partial charge in [0.05, 0.1) is 11.6 Å². The van der Waals surface area contributed by atoms with E-state index in [1.54, 1.807) is 6.92 Å². The molecule has 5 heteroatoms.